The summed E-state index contributed by atoms with van der Waals surface area (Å²) in [5.41, 5.74) is 1.12. The second-order valence-corrected chi connectivity index (χ2v) is 6.93. The van der Waals surface area contributed by atoms with E-state index >= 15 is 0 Å². The molecular weight excluding hydrogens is 499 g/mol. The number of amides is 1. The second kappa shape index (κ2) is 8.87. The standard InChI is InChI=1S/C18H14BrIN2O3/c1-2-25-14-5-3-4-13(9-14)22-18(24)12(10-21)6-11-7-15(19)17(23)16(20)8-11/h3-9,23H,2H2,1H3,(H,22,24)/b12-6+. The fourth-order valence-corrected chi connectivity index (χ4v) is 3.51. The van der Waals surface area contributed by atoms with Crippen LogP contribution >= 0.6 is 38.5 Å². The minimum Gasteiger partial charge on any atom is -0.506 e. The number of nitrogens with zero attached hydrogens (tertiary/aromatic N) is 1. The third-order valence-corrected chi connectivity index (χ3v) is 4.55. The van der Waals surface area contributed by atoms with Crippen molar-refractivity contribution in [3.8, 4) is 17.6 Å². The molecule has 25 heavy (non-hydrogen) atoms. The fourth-order valence-electron chi connectivity index (χ4n) is 2.01. The smallest absolute Gasteiger partial charge is 0.266 e. The summed E-state index contributed by atoms with van der Waals surface area (Å²) in [5.74, 6) is 0.239. The molecule has 2 rings (SSSR count). The van der Waals surface area contributed by atoms with Gasteiger partial charge >= 0.3 is 0 Å². The van der Waals surface area contributed by atoms with E-state index < -0.39 is 5.91 Å². The molecule has 0 aliphatic rings. The van der Waals surface area contributed by atoms with E-state index in [0.717, 1.165) is 0 Å². The van der Waals surface area contributed by atoms with Crippen LogP contribution in [0.1, 0.15) is 12.5 Å². The highest BCUT2D eigenvalue weighted by Gasteiger charge is 2.12. The quantitative estimate of drug-likeness (QED) is 0.345. The van der Waals surface area contributed by atoms with Gasteiger partial charge in [0.25, 0.3) is 5.91 Å². The van der Waals surface area contributed by atoms with Gasteiger partial charge < -0.3 is 15.2 Å². The highest BCUT2D eigenvalue weighted by molar-refractivity contribution is 14.1. The van der Waals surface area contributed by atoms with Crippen molar-refractivity contribution in [3.05, 3.63) is 55.6 Å². The van der Waals surface area contributed by atoms with Crippen LogP contribution in [0.25, 0.3) is 6.08 Å². The molecule has 0 saturated carbocycles. The van der Waals surface area contributed by atoms with Crippen molar-refractivity contribution in [2.75, 3.05) is 11.9 Å². The van der Waals surface area contributed by atoms with E-state index in [2.05, 4.69) is 21.2 Å². The van der Waals surface area contributed by atoms with E-state index in [1.54, 1.807) is 36.4 Å². The highest BCUT2D eigenvalue weighted by atomic mass is 127. The minimum atomic E-state index is -0.518. The lowest BCUT2D eigenvalue weighted by atomic mass is 10.1. The van der Waals surface area contributed by atoms with E-state index in [0.29, 0.717) is 31.7 Å². The maximum atomic E-state index is 12.3. The molecule has 0 saturated heterocycles. The van der Waals surface area contributed by atoms with Crippen LogP contribution in [-0.4, -0.2) is 17.6 Å². The zero-order valence-electron chi connectivity index (χ0n) is 13.2. The van der Waals surface area contributed by atoms with Crippen molar-refractivity contribution >= 4 is 56.2 Å². The van der Waals surface area contributed by atoms with Gasteiger partial charge in [0.15, 0.2) is 0 Å². The molecule has 128 valence electrons. The third-order valence-electron chi connectivity index (χ3n) is 3.12. The first-order valence-electron chi connectivity index (χ1n) is 7.28. The van der Waals surface area contributed by atoms with Gasteiger partial charge in [-0.15, -0.1) is 0 Å². The van der Waals surface area contributed by atoms with Crippen LogP contribution < -0.4 is 10.1 Å². The molecule has 0 bridgehead atoms. The van der Waals surface area contributed by atoms with E-state index in [4.69, 9.17) is 4.74 Å². The number of nitriles is 1. The maximum Gasteiger partial charge on any atom is 0.266 e. The molecule has 1 amide bonds. The Morgan fingerprint density at radius 1 is 1.44 bits per heavy atom. The fraction of sp³-hybridized carbons (Fsp3) is 0.111. The van der Waals surface area contributed by atoms with Gasteiger partial charge in [-0.3, -0.25) is 4.79 Å². The van der Waals surface area contributed by atoms with E-state index in [1.165, 1.54) is 6.08 Å². The minimum absolute atomic E-state index is 0.0461. The summed E-state index contributed by atoms with van der Waals surface area (Å²) in [4.78, 5) is 12.3. The van der Waals surface area contributed by atoms with Crippen LogP contribution in [0.3, 0.4) is 0 Å². The van der Waals surface area contributed by atoms with E-state index in [-0.39, 0.29) is 11.3 Å². The normalized spacial score (nSPS) is 10.9. The van der Waals surface area contributed by atoms with Gasteiger partial charge in [-0.1, -0.05) is 6.07 Å². The summed E-state index contributed by atoms with van der Waals surface area (Å²) in [7, 11) is 0. The Balaban J connectivity index is 2.24. The van der Waals surface area contributed by atoms with Crippen molar-refractivity contribution in [2.45, 2.75) is 6.92 Å². The number of phenolic OH excluding ortho intramolecular Hbond substituents is 1. The van der Waals surface area contributed by atoms with Gasteiger partial charge in [0.2, 0.25) is 0 Å². The number of rotatable bonds is 5. The highest BCUT2D eigenvalue weighted by Crippen LogP contribution is 2.31. The maximum absolute atomic E-state index is 12.3. The molecule has 0 heterocycles. The molecule has 5 nitrogen and oxygen atoms in total. The lowest BCUT2D eigenvalue weighted by Crippen LogP contribution is -2.13. The molecule has 0 unspecified atom stereocenters. The molecular formula is C18H14BrIN2O3. The summed E-state index contributed by atoms with van der Waals surface area (Å²) in [6.45, 7) is 2.40. The number of nitrogens with one attached hydrogen (secondary N) is 1. The zero-order valence-corrected chi connectivity index (χ0v) is 17.0. The Kier molecular flexibility index (Phi) is 6.84. The van der Waals surface area contributed by atoms with Crippen molar-refractivity contribution < 1.29 is 14.6 Å². The number of carbonyl (C=O) groups is 1. The summed E-state index contributed by atoms with van der Waals surface area (Å²) in [6.07, 6.45) is 1.47. The number of aromatic hydroxyl groups is 1. The first-order valence-corrected chi connectivity index (χ1v) is 9.15. The van der Waals surface area contributed by atoms with Gasteiger partial charge in [0, 0.05) is 11.8 Å². The molecule has 2 aromatic rings. The van der Waals surface area contributed by atoms with Gasteiger partial charge in [-0.05, 0) is 81.3 Å². The molecule has 0 aliphatic heterocycles. The summed E-state index contributed by atoms with van der Waals surface area (Å²) < 4.78 is 6.49. The lowest BCUT2D eigenvalue weighted by Gasteiger charge is -2.08. The number of anilines is 1. The SMILES string of the molecule is CCOc1cccc(NC(=O)/C(C#N)=C/c2cc(Br)c(O)c(I)c2)c1. The summed E-state index contributed by atoms with van der Waals surface area (Å²) >= 11 is 5.22. The Morgan fingerprint density at radius 2 is 2.20 bits per heavy atom. The average Bonchev–Trinajstić information content (AvgIpc) is 2.58. The molecule has 0 spiro atoms. The molecule has 0 atom stereocenters. The average molecular weight is 513 g/mol. The first-order chi connectivity index (χ1) is 11.9. The monoisotopic (exact) mass is 512 g/mol. The summed E-state index contributed by atoms with van der Waals surface area (Å²) in [6, 6.07) is 12.2. The Hall–Kier alpha value is -2.05. The van der Waals surface area contributed by atoms with Gasteiger partial charge in [-0.2, -0.15) is 5.26 Å². The van der Waals surface area contributed by atoms with E-state index in [9.17, 15) is 15.2 Å². The topological polar surface area (TPSA) is 82.3 Å². The molecule has 2 N–H and O–H groups in total. The molecule has 2 aromatic carbocycles. The first kappa shape index (κ1) is 19.3. The van der Waals surface area contributed by atoms with Crippen molar-refractivity contribution in [1.29, 1.82) is 5.26 Å². The van der Waals surface area contributed by atoms with Crippen LogP contribution in [0.5, 0.6) is 11.5 Å². The molecule has 0 fully saturated rings. The van der Waals surface area contributed by atoms with Gasteiger partial charge in [0.1, 0.15) is 23.1 Å². The number of hydrogen-bond acceptors (Lipinski definition) is 4. The van der Waals surface area contributed by atoms with Crippen LogP contribution in [0, 0.1) is 14.9 Å². The lowest BCUT2D eigenvalue weighted by molar-refractivity contribution is -0.112. The molecule has 7 heteroatoms. The van der Waals surface area contributed by atoms with E-state index in [1.807, 2.05) is 35.6 Å². The van der Waals surface area contributed by atoms with Crippen molar-refractivity contribution in [1.82, 2.24) is 0 Å². The largest absolute Gasteiger partial charge is 0.506 e. The Labute approximate surface area is 167 Å². The van der Waals surface area contributed by atoms with Gasteiger partial charge in [0.05, 0.1) is 14.6 Å². The number of hydrogen-bond donors (Lipinski definition) is 2. The predicted molar refractivity (Wildman–Crippen MR) is 108 cm³/mol. The van der Waals surface area contributed by atoms with Crippen molar-refractivity contribution in [2.24, 2.45) is 0 Å². The Bertz CT molecular complexity index is 852. The van der Waals surface area contributed by atoms with Crippen molar-refractivity contribution in [3.63, 3.8) is 0 Å². The molecule has 0 aliphatic carbocycles. The third kappa shape index (κ3) is 5.21. The van der Waals surface area contributed by atoms with Crippen LogP contribution in [0.4, 0.5) is 5.69 Å². The van der Waals surface area contributed by atoms with Crippen LogP contribution in [-0.2, 0) is 4.79 Å². The van der Waals surface area contributed by atoms with Crippen LogP contribution in [0.2, 0.25) is 0 Å². The zero-order chi connectivity index (χ0) is 18.4. The second-order valence-electron chi connectivity index (χ2n) is 4.92. The Morgan fingerprint density at radius 3 is 2.84 bits per heavy atom. The number of carbonyl (C=O) groups excluding carboxylic acids is 1. The molecule has 0 radical (unpaired) electrons. The number of ether oxygens (including phenoxy) is 1. The summed E-state index contributed by atoms with van der Waals surface area (Å²) in [5, 5.41) is 21.7. The number of phenols is 1. The van der Waals surface area contributed by atoms with Gasteiger partial charge in [-0.25, -0.2) is 0 Å². The number of halogens is 2. The van der Waals surface area contributed by atoms with Crippen LogP contribution in [0.15, 0.2) is 46.4 Å². The number of benzene rings is 2. The molecule has 0 aromatic heterocycles. The predicted octanol–water partition coefficient (Wildman–Crippen LogP) is 4.70.